The lowest BCUT2D eigenvalue weighted by molar-refractivity contribution is 1.00. The van der Waals surface area contributed by atoms with Crippen molar-refractivity contribution in [3.05, 3.63) is 60.2 Å². The Balaban J connectivity index is 2.23. The van der Waals surface area contributed by atoms with Gasteiger partial charge in [0.05, 0.1) is 0 Å². The van der Waals surface area contributed by atoms with Crippen LogP contribution in [0.5, 0.6) is 0 Å². The van der Waals surface area contributed by atoms with E-state index in [0.29, 0.717) is 0 Å². The van der Waals surface area contributed by atoms with Gasteiger partial charge in [-0.3, -0.25) is 0 Å². The second kappa shape index (κ2) is 5.47. The van der Waals surface area contributed by atoms with E-state index < -0.39 is 0 Å². The Morgan fingerprint density at radius 2 is 1.75 bits per heavy atom. The van der Waals surface area contributed by atoms with Crippen molar-refractivity contribution in [2.75, 3.05) is 6.54 Å². The van der Waals surface area contributed by atoms with Gasteiger partial charge in [0, 0.05) is 0 Å². The highest BCUT2D eigenvalue weighted by molar-refractivity contribution is 5.85. The van der Waals surface area contributed by atoms with Gasteiger partial charge in [-0.25, -0.2) is 0 Å². The molecule has 0 spiro atoms. The second-order valence-electron chi connectivity index (χ2n) is 3.89. The van der Waals surface area contributed by atoms with Crippen molar-refractivity contribution in [3.63, 3.8) is 0 Å². The van der Waals surface area contributed by atoms with Gasteiger partial charge in [0.2, 0.25) is 0 Å². The molecule has 2 aromatic rings. The highest BCUT2D eigenvalue weighted by Gasteiger charge is 1.97. The lowest BCUT2D eigenvalue weighted by Gasteiger charge is -2.03. The first-order chi connectivity index (χ1) is 7.92. The number of hydrogen-bond donors (Lipinski definition) is 1. The maximum absolute atomic E-state index is 5.45. The van der Waals surface area contributed by atoms with Gasteiger partial charge in [-0.15, -0.1) is 0 Å². The van der Waals surface area contributed by atoms with Crippen molar-refractivity contribution in [2.24, 2.45) is 5.73 Å². The van der Waals surface area contributed by atoms with Crippen molar-refractivity contribution < 1.29 is 0 Å². The molecule has 0 fully saturated rings. The van der Waals surface area contributed by atoms with Crippen LogP contribution >= 0.6 is 0 Å². The zero-order valence-electron chi connectivity index (χ0n) is 9.39. The van der Waals surface area contributed by atoms with Gasteiger partial charge in [0.15, 0.2) is 0 Å². The Kier molecular flexibility index (Phi) is 3.73. The fraction of sp³-hybridized carbons (Fsp3) is 0.200. The summed E-state index contributed by atoms with van der Waals surface area (Å²) in [4.78, 5) is 0. The quantitative estimate of drug-likeness (QED) is 0.772. The fourth-order valence-electron chi connectivity index (χ4n) is 1.89. The number of hydrogen-bond acceptors (Lipinski definition) is 1. The molecule has 16 heavy (non-hydrogen) atoms. The van der Waals surface area contributed by atoms with Crippen LogP contribution in [0.4, 0.5) is 0 Å². The molecule has 0 aliphatic rings. The van der Waals surface area contributed by atoms with Crippen molar-refractivity contribution in [2.45, 2.75) is 12.8 Å². The maximum Gasteiger partial charge on any atom is -0.00426 e. The first-order valence-corrected chi connectivity index (χ1v) is 5.73. The van der Waals surface area contributed by atoms with E-state index in [9.17, 15) is 0 Å². The molecular weight excluding hydrogens is 194 g/mol. The van der Waals surface area contributed by atoms with Gasteiger partial charge in [0.1, 0.15) is 0 Å². The summed E-state index contributed by atoms with van der Waals surface area (Å²) in [7, 11) is 0. The highest BCUT2D eigenvalue weighted by Crippen LogP contribution is 2.18. The monoisotopic (exact) mass is 211 g/mol. The third kappa shape index (κ3) is 2.50. The summed E-state index contributed by atoms with van der Waals surface area (Å²) < 4.78 is 0. The van der Waals surface area contributed by atoms with Gasteiger partial charge in [0.25, 0.3) is 0 Å². The average molecular weight is 211 g/mol. The molecule has 2 rings (SSSR count). The number of benzene rings is 2. The Labute approximate surface area is 96.6 Å². The lowest BCUT2D eigenvalue weighted by Crippen LogP contribution is -1.95. The van der Waals surface area contributed by atoms with E-state index in [1.807, 2.05) is 0 Å². The molecule has 1 heteroatoms. The Morgan fingerprint density at radius 3 is 2.62 bits per heavy atom. The molecule has 0 saturated heterocycles. The Hall–Kier alpha value is -1.60. The topological polar surface area (TPSA) is 26.0 Å². The van der Waals surface area contributed by atoms with E-state index >= 15 is 0 Å². The van der Waals surface area contributed by atoms with Crippen LogP contribution in [0, 0.1) is 0 Å². The minimum atomic E-state index is 0.728. The van der Waals surface area contributed by atoms with Gasteiger partial charge in [-0.2, -0.15) is 0 Å². The maximum atomic E-state index is 5.45. The standard InChI is InChI=1S/C15H17N/c16-12-5-1-2-7-13-9-6-10-14-8-3-4-11-15(13)14/h1-4,6,8-11H,5,7,12,16H2. The molecular formula is C15H17N. The SMILES string of the molecule is NCCC=CCc1cccc2ccccc12. The van der Waals surface area contributed by atoms with E-state index in [-0.39, 0.29) is 0 Å². The predicted molar refractivity (Wildman–Crippen MR) is 70.5 cm³/mol. The van der Waals surface area contributed by atoms with E-state index in [2.05, 4.69) is 54.6 Å². The molecule has 0 bridgehead atoms. The molecule has 2 N–H and O–H groups in total. The minimum absolute atomic E-state index is 0.728. The lowest BCUT2D eigenvalue weighted by atomic mass is 10.0. The molecule has 0 amide bonds. The van der Waals surface area contributed by atoms with Crippen LogP contribution in [-0.2, 0) is 6.42 Å². The Bertz CT molecular complexity index is 480. The summed E-state index contributed by atoms with van der Waals surface area (Å²) in [6, 6.07) is 15.0. The van der Waals surface area contributed by atoms with Gasteiger partial charge in [-0.05, 0) is 35.7 Å². The van der Waals surface area contributed by atoms with Gasteiger partial charge < -0.3 is 5.73 Å². The van der Waals surface area contributed by atoms with Crippen molar-refractivity contribution in [1.82, 2.24) is 0 Å². The van der Waals surface area contributed by atoms with Crippen molar-refractivity contribution in [1.29, 1.82) is 0 Å². The molecule has 0 aliphatic heterocycles. The fourth-order valence-corrected chi connectivity index (χ4v) is 1.89. The van der Waals surface area contributed by atoms with E-state index in [1.165, 1.54) is 16.3 Å². The molecule has 0 radical (unpaired) electrons. The first-order valence-electron chi connectivity index (χ1n) is 5.73. The highest BCUT2D eigenvalue weighted by atomic mass is 14.5. The van der Waals surface area contributed by atoms with E-state index in [1.54, 1.807) is 0 Å². The zero-order valence-corrected chi connectivity index (χ0v) is 9.39. The number of nitrogens with two attached hydrogens (primary N) is 1. The summed E-state index contributed by atoms with van der Waals surface area (Å²) in [6.07, 6.45) is 6.31. The summed E-state index contributed by atoms with van der Waals surface area (Å²) in [6.45, 7) is 0.728. The number of rotatable bonds is 4. The normalized spacial score (nSPS) is 11.3. The smallest absolute Gasteiger partial charge is 0.00426 e. The number of allylic oxidation sites excluding steroid dienone is 1. The molecule has 0 unspecified atom stereocenters. The van der Waals surface area contributed by atoms with Crippen LogP contribution < -0.4 is 5.73 Å². The molecule has 0 heterocycles. The van der Waals surface area contributed by atoms with E-state index in [4.69, 9.17) is 5.73 Å². The second-order valence-corrected chi connectivity index (χ2v) is 3.89. The van der Waals surface area contributed by atoms with Crippen LogP contribution in [0.1, 0.15) is 12.0 Å². The third-order valence-corrected chi connectivity index (χ3v) is 2.72. The number of fused-ring (bicyclic) bond motifs is 1. The van der Waals surface area contributed by atoms with Crippen LogP contribution in [0.15, 0.2) is 54.6 Å². The Morgan fingerprint density at radius 1 is 0.938 bits per heavy atom. The molecule has 0 aromatic heterocycles. The van der Waals surface area contributed by atoms with Crippen LogP contribution in [0.3, 0.4) is 0 Å². The summed E-state index contributed by atoms with van der Waals surface area (Å²) in [5.74, 6) is 0. The minimum Gasteiger partial charge on any atom is -0.330 e. The van der Waals surface area contributed by atoms with Crippen LogP contribution in [0.2, 0.25) is 0 Å². The van der Waals surface area contributed by atoms with Gasteiger partial charge >= 0.3 is 0 Å². The molecule has 2 aromatic carbocycles. The van der Waals surface area contributed by atoms with Crippen molar-refractivity contribution >= 4 is 10.8 Å². The third-order valence-electron chi connectivity index (χ3n) is 2.72. The molecule has 1 nitrogen and oxygen atoms in total. The van der Waals surface area contributed by atoms with Crippen LogP contribution in [0.25, 0.3) is 10.8 Å². The molecule has 0 atom stereocenters. The average Bonchev–Trinajstić information content (AvgIpc) is 2.35. The van der Waals surface area contributed by atoms with Gasteiger partial charge in [-0.1, -0.05) is 54.6 Å². The first kappa shape index (κ1) is 10.9. The molecule has 0 saturated carbocycles. The zero-order chi connectivity index (χ0) is 11.2. The molecule has 0 aliphatic carbocycles. The summed E-state index contributed by atoms with van der Waals surface area (Å²) in [5.41, 5.74) is 6.83. The van der Waals surface area contributed by atoms with E-state index in [0.717, 1.165) is 19.4 Å². The van der Waals surface area contributed by atoms with Crippen molar-refractivity contribution in [3.8, 4) is 0 Å². The van der Waals surface area contributed by atoms with Crippen LogP contribution in [-0.4, -0.2) is 6.54 Å². The summed E-state index contributed by atoms with van der Waals surface area (Å²) in [5, 5.41) is 2.66. The largest absolute Gasteiger partial charge is 0.330 e. The molecule has 82 valence electrons. The predicted octanol–water partition coefficient (Wildman–Crippen LogP) is 3.29. The summed E-state index contributed by atoms with van der Waals surface area (Å²) >= 11 is 0.